The molecule has 0 radical (unpaired) electrons. The van der Waals surface area contributed by atoms with Crippen LogP contribution in [0.3, 0.4) is 0 Å². The Hall–Kier alpha value is -2.61. The first kappa shape index (κ1) is 16.8. The Morgan fingerprint density at radius 1 is 0.923 bits per heavy atom. The van der Waals surface area contributed by atoms with Gasteiger partial charge in [-0.3, -0.25) is 4.79 Å². The molecule has 1 heterocycles. The first-order valence-corrected chi connectivity index (χ1v) is 9.52. The van der Waals surface area contributed by atoms with Crippen molar-refractivity contribution in [3.8, 4) is 0 Å². The van der Waals surface area contributed by atoms with Crippen molar-refractivity contribution in [1.29, 1.82) is 0 Å². The number of amides is 1. The van der Waals surface area contributed by atoms with Crippen LogP contribution in [0.2, 0.25) is 0 Å². The van der Waals surface area contributed by atoms with Gasteiger partial charge < -0.3 is 4.90 Å². The second kappa shape index (κ2) is 6.60. The first-order valence-electron chi connectivity index (χ1n) is 9.52. The molecule has 0 saturated carbocycles. The minimum atomic E-state index is -0.256. The molecule has 0 fully saturated rings. The second-order valence-corrected chi connectivity index (χ2v) is 7.37. The van der Waals surface area contributed by atoms with E-state index in [2.05, 4.69) is 55.5 Å². The lowest BCUT2D eigenvalue weighted by atomic mass is 9.79. The van der Waals surface area contributed by atoms with Gasteiger partial charge in [0.25, 0.3) is 5.91 Å². The largest absolute Gasteiger partial charge is 0.332 e. The third-order valence-electron chi connectivity index (χ3n) is 5.87. The molecule has 26 heavy (non-hydrogen) atoms. The average Bonchev–Trinajstić information content (AvgIpc) is 2.89. The highest BCUT2D eigenvalue weighted by Crippen LogP contribution is 2.46. The van der Waals surface area contributed by atoms with E-state index < -0.39 is 0 Å². The smallest absolute Gasteiger partial charge is 0.255 e. The Morgan fingerprint density at radius 3 is 2.42 bits per heavy atom. The Morgan fingerprint density at radius 2 is 1.65 bits per heavy atom. The summed E-state index contributed by atoms with van der Waals surface area (Å²) in [4.78, 5) is 15.3. The van der Waals surface area contributed by atoms with E-state index in [0.29, 0.717) is 0 Å². The van der Waals surface area contributed by atoms with Crippen LogP contribution < -0.4 is 0 Å². The van der Waals surface area contributed by atoms with Crippen molar-refractivity contribution < 1.29 is 4.79 Å². The van der Waals surface area contributed by atoms with Crippen LogP contribution in [0, 0.1) is 0 Å². The van der Waals surface area contributed by atoms with Crippen LogP contribution in [-0.2, 0) is 12.0 Å². The van der Waals surface area contributed by atoms with E-state index in [1.54, 1.807) is 0 Å². The van der Waals surface area contributed by atoms with Crippen LogP contribution >= 0.6 is 0 Å². The normalized spacial score (nSPS) is 19.2. The number of carbonyl (C=O) groups is 1. The van der Waals surface area contributed by atoms with Crippen molar-refractivity contribution in [2.75, 3.05) is 7.05 Å². The van der Waals surface area contributed by atoms with Gasteiger partial charge in [0.15, 0.2) is 0 Å². The van der Waals surface area contributed by atoms with Crippen LogP contribution in [0.4, 0.5) is 0 Å². The van der Waals surface area contributed by atoms with E-state index in [0.717, 1.165) is 42.0 Å². The zero-order valence-electron chi connectivity index (χ0n) is 15.5. The monoisotopic (exact) mass is 343 g/mol. The number of nitrogens with zero attached hydrogens (tertiary/aromatic N) is 1. The van der Waals surface area contributed by atoms with E-state index in [4.69, 9.17) is 0 Å². The summed E-state index contributed by atoms with van der Waals surface area (Å²) >= 11 is 0. The predicted molar refractivity (Wildman–Crippen MR) is 107 cm³/mol. The third-order valence-corrected chi connectivity index (χ3v) is 5.87. The highest BCUT2D eigenvalue weighted by molar-refractivity contribution is 6.11. The van der Waals surface area contributed by atoms with E-state index in [9.17, 15) is 4.79 Å². The summed E-state index contributed by atoms with van der Waals surface area (Å²) in [7, 11) is 1.98. The van der Waals surface area contributed by atoms with Crippen LogP contribution in [0.5, 0.6) is 0 Å². The summed E-state index contributed by atoms with van der Waals surface area (Å²) in [5.74, 6) is 0.156. The van der Waals surface area contributed by atoms with Crippen molar-refractivity contribution in [2.45, 2.75) is 38.1 Å². The number of fused-ring (bicyclic) bond motifs is 3. The van der Waals surface area contributed by atoms with Crippen LogP contribution in [0.1, 0.15) is 47.7 Å². The van der Waals surface area contributed by atoms with Crippen LogP contribution in [0.25, 0.3) is 10.8 Å². The van der Waals surface area contributed by atoms with Crippen LogP contribution in [-0.4, -0.2) is 17.9 Å². The van der Waals surface area contributed by atoms with Gasteiger partial charge in [-0.25, -0.2) is 0 Å². The zero-order valence-corrected chi connectivity index (χ0v) is 15.5. The fourth-order valence-corrected chi connectivity index (χ4v) is 4.44. The van der Waals surface area contributed by atoms with E-state index >= 15 is 0 Å². The Balaban J connectivity index is 1.92. The summed E-state index contributed by atoms with van der Waals surface area (Å²) < 4.78 is 0. The van der Waals surface area contributed by atoms with Gasteiger partial charge in [0.05, 0.1) is 11.1 Å². The number of benzene rings is 3. The maximum atomic E-state index is 13.3. The number of carbonyl (C=O) groups excluding carboxylic acids is 1. The fourth-order valence-electron chi connectivity index (χ4n) is 4.44. The Bertz CT molecular complexity index is 947. The summed E-state index contributed by atoms with van der Waals surface area (Å²) in [5, 5.41) is 2.22. The molecule has 1 amide bonds. The Kier molecular flexibility index (Phi) is 4.28. The summed E-state index contributed by atoms with van der Waals surface area (Å²) in [6.45, 7) is 2.22. The van der Waals surface area contributed by atoms with Crippen LogP contribution in [0.15, 0.2) is 66.7 Å². The van der Waals surface area contributed by atoms with Gasteiger partial charge in [-0.2, -0.15) is 0 Å². The number of hydrogen-bond donors (Lipinski definition) is 0. The lowest BCUT2D eigenvalue weighted by Crippen LogP contribution is -2.43. The van der Waals surface area contributed by atoms with E-state index in [1.165, 1.54) is 11.1 Å². The highest BCUT2D eigenvalue weighted by Gasteiger charge is 2.47. The van der Waals surface area contributed by atoms with Gasteiger partial charge in [0, 0.05) is 7.05 Å². The molecule has 0 aliphatic carbocycles. The lowest BCUT2D eigenvalue weighted by molar-refractivity contribution is 0.0605. The molecular weight excluding hydrogens is 318 g/mol. The summed E-state index contributed by atoms with van der Waals surface area (Å²) in [5.41, 5.74) is 3.12. The standard InChI is InChI=1S/C24H25NO/c1-3-4-16-24(17-18-10-6-5-7-11-18)21-15-14-19-12-8-9-13-20(19)22(21)23(26)25(24)2/h5-15H,3-4,16-17H2,1-2H3. The quantitative estimate of drug-likeness (QED) is 0.594. The van der Waals surface area contributed by atoms with Gasteiger partial charge in [-0.05, 0) is 34.7 Å². The van der Waals surface area contributed by atoms with Crippen molar-refractivity contribution in [2.24, 2.45) is 0 Å². The minimum Gasteiger partial charge on any atom is -0.332 e. The molecule has 0 N–H and O–H groups in total. The molecule has 3 aromatic rings. The lowest BCUT2D eigenvalue weighted by Gasteiger charge is -2.37. The van der Waals surface area contributed by atoms with Gasteiger partial charge >= 0.3 is 0 Å². The predicted octanol–water partition coefficient (Wildman–Crippen LogP) is 5.55. The molecule has 2 heteroatoms. The molecule has 3 aromatic carbocycles. The van der Waals surface area contributed by atoms with Crippen molar-refractivity contribution in [3.05, 3.63) is 83.4 Å². The molecule has 0 aromatic heterocycles. The molecule has 0 bridgehead atoms. The summed E-state index contributed by atoms with van der Waals surface area (Å²) in [6.07, 6.45) is 4.09. The van der Waals surface area contributed by atoms with E-state index in [1.807, 2.05) is 30.1 Å². The number of hydrogen-bond acceptors (Lipinski definition) is 1. The second-order valence-electron chi connectivity index (χ2n) is 7.37. The fraction of sp³-hybridized carbons (Fsp3) is 0.292. The van der Waals surface area contributed by atoms with E-state index in [-0.39, 0.29) is 11.4 Å². The van der Waals surface area contributed by atoms with Gasteiger partial charge in [-0.1, -0.05) is 86.5 Å². The Labute approximate surface area is 155 Å². The molecule has 1 unspecified atom stereocenters. The zero-order chi connectivity index (χ0) is 18.1. The van der Waals surface area contributed by atoms with Gasteiger partial charge in [-0.15, -0.1) is 0 Å². The van der Waals surface area contributed by atoms with Gasteiger partial charge in [0.1, 0.15) is 0 Å². The molecule has 0 spiro atoms. The number of likely N-dealkylation sites (N-methyl/N-ethyl adjacent to an activating group) is 1. The molecule has 1 aliphatic rings. The molecule has 0 saturated heterocycles. The molecule has 2 nitrogen and oxygen atoms in total. The minimum absolute atomic E-state index is 0.156. The SMILES string of the molecule is CCCCC1(Cc2ccccc2)c2ccc3ccccc3c2C(=O)N1C. The number of unbranched alkanes of at least 4 members (excludes halogenated alkanes) is 1. The third kappa shape index (κ3) is 2.52. The molecule has 1 atom stereocenters. The maximum Gasteiger partial charge on any atom is 0.255 e. The first-order chi connectivity index (χ1) is 12.7. The molecule has 1 aliphatic heterocycles. The van der Waals surface area contributed by atoms with Crippen molar-refractivity contribution in [1.82, 2.24) is 4.90 Å². The maximum absolute atomic E-state index is 13.3. The topological polar surface area (TPSA) is 20.3 Å². The molecule has 132 valence electrons. The highest BCUT2D eigenvalue weighted by atomic mass is 16.2. The summed E-state index contributed by atoms with van der Waals surface area (Å²) in [6, 6.07) is 23.2. The average molecular weight is 343 g/mol. The molecular formula is C24H25NO. The molecule has 4 rings (SSSR count). The van der Waals surface area contributed by atoms with Crippen molar-refractivity contribution in [3.63, 3.8) is 0 Å². The van der Waals surface area contributed by atoms with Gasteiger partial charge in [0.2, 0.25) is 0 Å². The number of rotatable bonds is 5. The van der Waals surface area contributed by atoms with Crippen molar-refractivity contribution >= 4 is 16.7 Å².